The molecule has 0 bridgehead atoms. The van der Waals surface area contributed by atoms with Gasteiger partial charge in [0, 0.05) is 19.2 Å². The molecule has 0 radical (unpaired) electrons. The van der Waals surface area contributed by atoms with Crippen LogP contribution in [0.2, 0.25) is 0 Å². The molecule has 9 nitrogen and oxygen atoms in total. The van der Waals surface area contributed by atoms with E-state index in [1.54, 1.807) is 31.2 Å². The molecule has 0 saturated heterocycles. The zero-order valence-corrected chi connectivity index (χ0v) is 17.0. The van der Waals surface area contributed by atoms with Gasteiger partial charge in [0.25, 0.3) is 11.6 Å². The van der Waals surface area contributed by atoms with Crippen molar-refractivity contribution in [2.45, 2.75) is 13.1 Å². The van der Waals surface area contributed by atoms with Crippen molar-refractivity contribution in [2.24, 2.45) is 0 Å². The van der Waals surface area contributed by atoms with Crippen molar-refractivity contribution in [2.75, 3.05) is 31.6 Å². The van der Waals surface area contributed by atoms with E-state index in [2.05, 4.69) is 16.0 Å². The maximum absolute atomic E-state index is 12.7. The Morgan fingerprint density at radius 3 is 2.47 bits per heavy atom. The van der Waals surface area contributed by atoms with E-state index in [0.29, 0.717) is 18.4 Å². The normalized spacial score (nSPS) is 10.9. The first-order valence-corrected chi connectivity index (χ1v) is 9.49. The van der Waals surface area contributed by atoms with Gasteiger partial charge in [-0.3, -0.25) is 19.7 Å². The molecule has 3 N–H and O–H groups in total. The highest BCUT2D eigenvalue weighted by atomic mass is 19.4. The zero-order chi connectivity index (χ0) is 23.7. The molecule has 2 rings (SSSR count). The second-order valence-corrected chi connectivity index (χ2v) is 6.38. The largest absolute Gasteiger partial charge is 0.493 e. The molecule has 0 unspecified atom stereocenters. The van der Waals surface area contributed by atoms with Crippen molar-refractivity contribution in [3.8, 4) is 5.75 Å². The molecule has 32 heavy (non-hydrogen) atoms. The van der Waals surface area contributed by atoms with Crippen LogP contribution in [0.4, 0.5) is 24.5 Å². The van der Waals surface area contributed by atoms with Gasteiger partial charge in [0.2, 0.25) is 5.91 Å². The summed E-state index contributed by atoms with van der Waals surface area (Å²) in [6, 6.07) is 8.68. The highest BCUT2D eigenvalue weighted by molar-refractivity contribution is 5.98. The van der Waals surface area contributed by atoms with Gasteiger partial charge in [-0.25, -0.2) is 0 Å². The fourth-order valence-electron chi connectivity index (χ4n) is 2.66. The zero-order valence-electron chi connectivity index (χ0n) is 17.0. The van der Waals surface area contributed by atoms with Crippen LogP contribution in [-0.2, 0) is 11.0 Å². The quantitative estimate of drug-likeness (QED) is 0.288. The smallest absolute Gasteiger partial charge is 0.416 e. The number of nitrogens with one attached hydrogen (secondary N) is 3. The van der Waals surface area contributed by atoms with Crippen LogP contribution in [-0.4, -0.2) is 43.0 Å². The predicted molar refractivity (Wildman–Crippen MR) is 110 cm³/mol. The second kappa shape index (κ2) is 11.0. The summed E-state index contributed by atoms with van der Waals surface area (Å²) in [6.07, 6.45) is -4.70. The van der Waals surface area contributed by atoms with Gasteiger partial charge < -0.3 is 20.7 Å². The summed E-state index contributed by atoms with van der Waals surface area (Å²) in [4.78, 5) is 34.3. The summed E-state index contributed by atoms with van der Waals surface area (Å²) in [6.45, 7) is 1.85. The molecule has 2 aromatic carbocycles. The minimum absolute atomic E-state index is 0.0130. The molecular formula is C20H21F3N4O5. The van der Waals surface area contributed by atoms with E-state index in [0.717, 1.165) is 12.1 Å². The van der Waals surface area contributed by atoms with Crippen LogP contribution in [0.25, 0.3) is 0 Å². The Bertz CT molecular complexity index is 982. The maximum atomic E-state index is 12.7. The van der Waals surface area contributed by atoms with E-state index >= 15 is 0 Å². The number of hydrogen-bond donors (Lipinski definition) is 3. The SMILES string of the molecule is CCOc1ccccc1C(=O)NCC(=O)NCCNc1ccc(C(F)(F)F)cc1[N+](=O)[O-]. The summed E-state index contributed by atoms with van der Waals surface area (Å²) in [5.74, 6) is -0.631. The number of halogens is 3. The molecule has 0 aliphatic rings. The number of carbonyl (C=O) groups excluding carboxylic acids is 2. The molecule has 0 aliphatic heterocycles. The number of anilines is 1. The fraction of sp³-hybridized carbons (Fsp3) is 0.300. The number of para-hydroxylation sites is 1. The third-order valence-corrected chi connectivity index (χ3v) is 4.13. The van der Waals surface area contributed by atoms with Crippen molar-refractivity contribution < 1.29 is 32.4 Å². The minimum atomic E-state index is -4.70. The highest BCUT2D eigenvalue weighted by Crippen LogP contribution is 2.34. The van der Waals surface area contributed by atoms with E-state index in [9.17, 15) is 32.9 Å². The highest BCUT2D eigenvalue weighted by Gasteiger charge is 2.33. The molecule has 2 aromatic rings. The Balaban J connectivity index is 1.83. The number of alkyl halides is 3. The van der Waals surface area contributed by atoms with Crippen molar-refractivity contribution >= 4 is 23.2 Å². The Morgan fingerprint density at radius 2 is 1.81 bits per heavy atom. The number of nitro groups is 1. The molecule has 0 saturated carbocycles. The van der Waals surface area contributed by atoms with Crippen LogP contribution in [0.3, 0.4) is 0 Å². The van der Waals surface area contributed by atoms with Gasteiger partial charge in [-0.05, 0) is 31.2 Å². The first kappa shape index (κ1) is 24.4. The molecule has 0 aliphatic carbocycles. The van der Waals surface area contributed by atoms with Gasteiger partial charge in [0.1, 0.15) is 11.4 Å². The fourth-order valence-corrected chi connectivity index (χ4v) is 2.66. The maximum Gasteiger partial charge on any atom is 0.416 e. The molecule has 172 valence electrons. The van der Waals surface area contributed by atoms with E-state index < -0.39 is 34.2 Å². The lowest BCUT2D eigenvalue weighted by Crippen LogP contribution is -2.38. The topological polar surface area (TPSA) is 123 Å². The lowest BCUT2D eigenvalue weighted by Gasteiger charge is -2.12. The van der Waals surface area contributed by atoms with E-state index in [1.807, 2.05) is 0 Å². The molecule has 0 heterocycles. The van der Waals surface area contributed by atoms with Crippen LogP contribution in [0, 0.1) is 10.1 Å². The summed E-state index contributed by atoms with van der Waals surface area (Å²) in [7, 11) is 0. The Hall–Kier alpha value is -3.83. The standard InChI is InChI=1S/C20H21F3N4O5/c1-2-32-17-6-4-3-5-14(17)19(29)26-12-18(28)25-10-9-24-15-8-7-13(20(21,22)23)11-16(15)27(30)31/h3-8,11,24H,2,9-10,12H2,1H3,(H,25,28)(H,26,29). The number of carbonyl (C=O) groups is 2. The van der Waals surface area contributed by atoms with Crippen molar-refractivity contribution in [1.29, 1.82) is 0 Å². The van der Waals surface area contributed by atoms with Gasteiger partial charge in [0.05, 0.1) is 29.2 Å². The predicted octanol–water partition coefficient (Wildman–Crippen LogP) is 2.97. The number of nitro benzene ring substituents is 1. The minimum Gasteiger partial charge on any atom is -0.493 e. The van der Waals surface area contributed by atoms with Gasteiger partial charge in [-0.15, -0.1) is 0 Å². The lowest BCUT2D eigenvalue weighted by molar-refractivity contribution is -0.384. The number of hydrogen-bond acceptors (Lipinski definition) is 6. The third kappa shape index (κ3) is 6.86. The number of nitrogens with zero attached hydrogens (tertiary/aromatic N) is 1. The average molecular weight is 454 g/mol. The number of benzene rings is 2. The number of ether oxygens (including phenoxy) is 1. The van der Waals surface area contributed by atoms with E-state index in [4.69, 9.17) is 4.74 Å². The molecule has 0 spiro atoms. The Kier molecular flexibility index (Phi) is 8.38. The van der Waals surface area contributed by atoms with Crippen molar-refractivity contribution in [1.82, 2.24) is 10.6 Å². The van der Waals surface area contributed by atoms with Crippen molar-refractivity contribution in [3.05, 3.63) is 63.7 Å². The number of rotatable bonds is 10. The molecule has 12 heteroatoms. The van der Waals surface area contributed by atoms with Crippen LogP contribution >= 0.6 is 0 Å². The van der Waals surface area contributed by atoms with E-state index in [1.165, 1.54) is 0 Å². The first-order chi connectivity index (χ1) is 15.1. The first-order valence-electron chi connectivity index (χ1n) is 9.49. The van der Waals surface area contributed by atoms with Crippen LogP contribution < -0.4 is 20.7 Å². The Morgan fingerprint density at radius 1 is 1.09 bits per heavy atom. The van der Waals surface area contributed by atoms with Crippen molar-refractivity contribution in [3.63, 3.8) is 0 Å². The van der Waals surface area contributed by atoms with Crippen LogP contribution in [0.15, 0.2) is 42.5 Å². The molecular weight excluding hydrogens is 433 g/mol. The molecule has 0 atom stereocenters. The lowest BCUT2D eigenvalue weighted by atomic mass is 10.1. The summed E-state index contributed by atoms with van der Waals surface area (Å²) < 4.78 is 43.5. The van der Waals surface area contributed by atoms with Crippen LogP contribution in [0.1, 0.15) is 22.8 Å². The summed E-state index contributed by atoms with van der Waals surface area (Å²) >= 11 is 0. The van der Waals surface area contributed by atoms with Crippen LogP contribution in [0.5, 0.6) is 5.75 Å². The number of amides is 2. The van der Waals surface area contributed by atoms with Gasteiger partial charge >= 0.3 is 6.18 Å². The Labute approximate surface area is 181 Å². The average Bonchev–Trinajstić information content (AvgIpc) is 2.75. The van der Waals surface area contributed by atoms with Gasteiger partial charge in [-0.2, -0.15) is 13.2 Å². The molecule has 0 fully saturated rings. The van der Waals surface area contributed by atoms with Gasteiger partial charge in [-0.1, -0.05) is 12.1 Å². The van der Waals surface area contributed by atoms with E-state index in [-0.39, 0.29) is 30.9 Å². The summed E-state index contributed by atoms with van der Waals surface area (Å²) in [5, 5.41) is 18.6. The monoisotopic (exact) mass is 454 g/mol. The molecule has 0 aromatic heterocycles. The molecule has 2 amide bonds. The third-order valence-electron chi connectivity index (χ3n) is 4.13. The van der Waals surface area contributed by atoms with Gasteiger partial charge in [0.15, 0.2) is 0 Å². The second-order valence-electron chi connectivity index (χ2n) is 6.38. The summed E-state index contributed by atoms with van der Waals surface area (Å²) in [5.41, 5.74) is -1.70.